The second-order valence-electron chi connectivity index (χ2n) is 7.28. The fourth-order valence-electron chi connectivity index (χ4n) is 2.17. The van der Waals surface area contributed by atoms with Crippen LogP contribution in [-0.4, -0.2) is 49.6 Å². The summed E-state index contributed by atoms with van der Waals surface area (Å²) in [5.41, 5.74) is -0.460. The number of Topliss-reactive ketones (excluding diaryl/α,β-unsaturated/α-hetero) is 2. The molecule has 0 saturated carbocycles. The monoisotopic (exact) mass is 355 g/mol. The van der Waals surface area contributed by atoms with Gasteiger partial charge in [-0.2, -0.15) is 0 Å². The molecule has 1 atom stereocenters. The first-order valence-corrected chi connectivity index (χ1v) is 8.82. The van der Waals surface area contributed by atoms with Gasteiger partial charge in [-0.1, -0.05) is 20.8 Å². The number of carbonyl (C=O) groups excluding carboxylic acids is 4. The molecule has 0 aromatic carbocycles. The molecule has 0 fully saturated rings. The van der Waals surface area contributed by atoms with Crippen LogP contribution >= 0.6 is 0 Å². The molecule has 7 heteroatoms. The SMILES string of the molecule is CNCC(=O)NCCCCC(NC(=O)CCC(=O)C(C)(C)C)C(C)=O. The van der Waals surface area contributed by atoms with Gasteiger partial charge in [-0.3, -0.25) is 19.2 Å². The van der Waals surface area contributed by atoms with Crippen molar-refractivity contribution in [2.24, 2.45) is 5.41 Å². The molecule has 3 N–H and O–H groups in total. The topological polar surface area (TPSA) is 104 Å². The van der Waals surface area contributed by atoms with E-state index < -0.39 is 11.5 Å². The first-order chi connectivity index (χ1) is 11.6. The summed E-state index contributed by atoms with van der Waals surface area (Å²) in [6, 6.07) is -0.537. The van der Waals surface area contributed by atoms with Gasteiger partial charge in [0.25, 0.3) is 0 Å². The van der Waals surface area contributed by atoms with E-state index in [0.29, 0.717) is 19.4 Å². The second-order valence-corrected chi connectivity index (χ2v) is 7.28. The first-order valence-electron chi connectivity index (χ1n) is 8.82. The highest BCUT2D eigenvalue weighted by Crippen LogP contribution is 2.17. The van der Waals surface area contributed by atoms with E-state index in [1.54, 1.807) is 7.05 Å². The van der Waals surface area contributed by atoms with Gasteiger partial charge in [-0.05, 0) is 33.2 Å². The van der Waals surface area contributed by atoms with Crippen LogP contribution in [0.3, 0.4) is 0 Å². The highest BCUT2D eigenvalue weighted by Gasteiger charge is 2.23. The van der Waals surface area contributed by atoms with Crippen LogP contribution in [0.15, 0.2) is 0 Å². The highest BCUT2D eigenvalue weighted by atomic mass is 16.2. The Labute approximate surface area is 150 Å². The highest BCUT2D eigenvalue weighted by molar-refractivity contribution is 5.90. The molecule has 7 nitrogen and oxygen atoms in total. The Bertz CT molecular complexity index is 469. The number of rotatable bonds is 12. The van der Waals surface area contributed by atoms with Crippen LogP contribution in [0.1, 0.15) is 59.8 Å². The number of likely N-dealkylation sites (N-methyl/N-ethyl adjacent to an activating group) is 1. The third-order valence-corrected chi connectivity index (χ3v) is 3.82. The quantitative estimate of drug-likeness (QED) is 0.452. The van der Waals surface area contributed by atoms with E-state index in [1.807, 2.05) is 20.8 Å². The molecule has 0 aliphatic carbocycles. The van der Waals surface area contributed by atoms with Gasteiger partial charge in [0.2, 0.25) is 11.8 Å². The zero-order valence-electron chi connectivity index (χ0n) is 16.2. The van der Waals surface area contributed by atoms with Crippen molar-refractivity contribution in [1.82, 2.24) is 16.0 Å². The lowest BCUT2D eigenvalue weighted by Gasteiger charge is -2.18. The smallest absolute Gasteiger partial charge is 0.233 e. The third kappa shape index (κ3) is 11.4. The number of unbranched alkanes of at least 4 members (excludes halogenated alkanes) is 1. The van der Waals surface area contributed by atoms with Gasteiger partial charge < -0.3 is 16.0 Å². The second kappa shape index (κ2) is 11.7. The van der Waals surface area contributed by atoms with Crippen molar-refractivity contribution in [3.8, 4) is 0 Å². The van der Waals surface area contributed by atoms with E-state index in [1.165, 1.54) is 6.92 Å². The average Bonchev–Trinajstić information content (AvgIpc) is 2.50. The van der Waals surface area contributed by atoms with Gasteiger partial charge >= 0.3 is 0 Å². The molecule has 0 saturated heterocycles. The molecular formula is C18H33N3O4. The lowest BCUT2D eigenvalue weighted by Crippen LogP contribution is -2.40. The average molecular weight is 355 g/mol. The number of carbonyl (C=O) groups is 4. The molecule has 0 aromatic rings. The minimum Gasteiger partial charge on any atom is -0.355 e. The maximum Gasteiger partial charge on any atom is 0.233 e. The zero-order valence-corrected chi connectivity index (χ0v) is 16.2. The van der Waals surface area contributed by atoms with Crippen molar-refractivity contribution in [1.29, 1.82) is 0 Å². The van der Waals surface area contributed by atoms with Crippen molar-refractivity contribution in [2.75, 3.05) is 20.1 Å². The molecule has 25 heavy (non-hydrogen) atoms. The van der Waals surface area contributed by atoms with Crippen LogP contribution in [-0.2, 0) is 19.2 Å². The summed E-state index contributed by atoms with van der Waals surface area (Å²) < 4.78 is 0. The molecule has 0 rings (SSSR count). The summed E-state index contributed by atoms with van der Waals surface area (Å²) in [4.78, 5) is 46.8. The summed E-state index contributed by atoms with van der Waals surface area (Å²) in [5, 5.41) is 8.23. The van der Waals surface area contributed by atoms with E-state index in [2.05, 4.69) is 16.0 Å². The Morgan fingerprint density at radius 3 is 2.12 bits per heavy atom. The fraction of sp³-hybridized carbons (Fsp3) is 0.778. The Kier molecular flexibility index (Phi) is 10.9. The minimum atomic E-state index is -0.537. The Balaban J connectivity index is 4.13. The van der Waals surface area contributed by atoms with Gasteiger partial charge in [-0.25, -0.2) is 0 Å². The van der Waals surface area contributed by atoms with Crippen molar-refractivity contribution in [2.45, 2.75) is 65.8 Å². The number of amides is 2. The van der Waals surface area contributed by atoms with Crippen LogP contribution in [0.5, 0.6) is 0 Å². The maximum absolute atomic E-state index is 12.0. The molecule has 0 aliphatic heterocycles. The zero-order chi connectivity index (χ0) is 19.5. The lowest BCUT2D eigenvalue weighted by atomic mass is 9.88. The predicted octanol–water partition coefficient (Wildman–Crippen LogP) is 0.961. The van der Waals surface area contributed by atoms with E-state index in [9.17, 15) is 19.2 Å². The molecule has 0 aromatic heterocycles. The van der Waals surface area contributed by atoms with Gasteiger partial charge in [-0.15, -0.1) is 0 Å². The molecule has 2 amide bonds. The predicted molar refractivity (Wildman–Crippen MR) is 97.1 cm³/mol. The van der Waals surface area contributed by atoms with Crippen molar-refractivity contribution in [3.63, 3.8) is 0 Å². The Morgan fingerprint density at radius 2 is 1.60 bits per heavy atom. The van der Waals surface area contributed by atoms with E-state index in [4.69, 9.17) is 0 Å². The molecule has 0 radical (unpaired) electrons. The van der Waals surface area contributed by atoms with Gasteiger partial charge in [0.1, 0.15) is 5.78 Å². The first kappa shape index (κ1) is 23.2. The van der Waals surface area contributed by atoms with E-state index in [0.717, 1.165) is 6.42 Å². The third-order valence-electron chi connectivity index (χ3n) is 3.82. The summed E-state index contributed by atoms with van der Waals surface area (Å²) in [5.74, 6) is -0.420. The van der Waals surface area contributed by atoms with Crippen molar-refractivity contribution in [3.05, 3.63) is 0 Å². The van der Waals surface area contributed by atoms with Crippen LogP contribution < -0.4 is 16.0 Å². The number of nitrogens with one attached hydrogen (secondary N) is 3. The minimum absolute atomic E-state index is 0.0272. The Hall–Kier alpha value is -1.76. The van der Waals surface area contributed by atoms with E-state index >= 15 is 0 Å². The van der Waals surface area contributed by atoms with Crippen LogP contribution in [0.2, 0.25) is 0 Å². The summed E-state index contributed by atoms with van der Waals surface area (Å²) in [7, 11) is 1.70. The van der Waals surface area contributed by atoms with Gasteiger partial charge in [0.05, 0.1) is 12.6 Å². The standard InChI is InChI=1S/C18H33N3O4/c1-13(22)14(8-6-7-11-20-17(25)12-19-5)21-16(24)10-9-15(23)18(2,3)4/h14,19H,6-12H2,1-5H3,(H,20,25)(H,21,24). The molecule has 0 heterocycles. The molecule has 144 valence electrons. The van der Waals surface area contributed by atoms with Crippen LogP contribution in [0, 0.1) is 5.41 Å². The van der Waals surface area contributed by atoms with Crippen LogP contribution in [0.25, 0.3) is 0 Å². The van der Waals surface area contributed by atoms with Crippen molar-refractivity contribution >= 4 is 23.4 Å². The van der Waals surface area contributed by atoms with Crippen LogP contribution in [0.4, 0.5) is 0 Å². The summed E-state index contributed by atoms with van der Waals surface area (Å²) in [6.07, 6.45) is 2.25. The number of ketones is 2. The summed E-state index contributed by atoms with van der Waals surface area (Å²) >= 11 is 0. The number of hydrogen-bond acceptors (Lipinski definition) is 5. The molecule has 1 unspecified atom stereocenters. The molecule has 0 aliphatic rings. The van der Waals surface area contributed by atoms with Gasteiger partial charge in [0, 0.05) is 24.8 Å². The maximum atomic E-state index is 12.0. The number of hydrogen-bond donors (Lipinski definition) is 3. The summed E-state index contributed by atoms with van der Waals surface area (Å²) in [6.45, 7) is 7.72. The lowest BCUT2D eigenvalue weighted by molar-refractivity contribution is -0.130. The largest absolute Gasteiger partial charge is 0.355 e. The molecular weight excluding hydrogens is 322 g/mol. The normalized spacial score (nSPS) is 12.4. The van der Waals surface area contributed by atoms with E-state index in [-0.39, 0.29) is 42.8 Å². The van der Waals surface area contributed by atoms with Gasteiger partial charge in [0.15, 0.2) is 5.78 Å². The fourth-order valence-corrected chi connectivity index (χ4v) is 2.17. The molecule has 0 spiro atoms. The molecule has 0 bridgehead atoms. The Morgan fingerprint density at radius 1 is 0.960 bits per heavy atom. The van der Waals surface area contributed by atoms with Crippen molar-refractivity contribution < 1.29 is 19.2 Å².